The molecular weight excluding hydrogens is 218 g/mol. The molecule has 0 heterocycles. The third kappa shape index (κ3) is 2.58. The number of aliphatic carboxylic acids is 1. The molecule has 1 fully saturated rings. The standard InChI is InChI=1S/C13H17NO3/c1-8-5-6-11(17-9-3-2-4-9)10(7-8)12(14)13(15)16/h5-7,9,12H,2-4,14H2,1H3,(H,15,16). The molecule has 0 spiro atoms. The summed E-state index contributed by atoms with van der Waals surface area (Å²) >= 11 is 0. The predicted octanol–water partition coefficient (Wildman–Crippen LogP) is 2.01. The zero-order chi connectivity index (χ0) is 12.4. The fourth-order valence-corrected chi connectivity index (χ4v) is 1.82. The summed E-state index contributed by atoms with van der Waals surface area (Å²) in [5.74, 6) is -0.427. The van der Waals surface area contributed by atoms with Gasteiger partial charge in [-0.2, -0.15) is 0 Å². The van der Waals surface area contributed by atoms with Gasteiger partial charge >= 0.3 is 5.97 Å². The lowest BCUT2D eigenvalue weighted by molar-refractivity contribution is -0.138. The van der Waals surface area contributed by atoms with E-state index in [9.17, 15) is 4.79 Å². The maximum atomic E-state index is 11.0. The van der Waals surface area contributed by atoms with Crippen LogP contribution in [0.1, 0.15) is 36.4 Å². The van der Waals surface area contributed by atoms with E-state index in [1.807, 2.05) is 19.1 Å². The van der Waals surface area contributed by atoms with Crippen LogP contribution in [-0.2, 0) is 4.79 Å². The van der Waals surface area contributed by atoms with Crippen LogP contribution in [0.4, 0.5) is 0 Å². The minimum Gasteiger partial charge on any atom is -0.490 e. The number of carbonyl (C=O) groups is 1. The largest absolute Gasteiger partial charge is 0.490 e. The van der Waals surface area contributed by atoms with E-state index in [1.54, 1.807) is 6.07 Å². The fourth-order valence-electron chi connectivity index (χ4n) is 1.82. The SMILES string of the molecule is Cc1ccc(OC2CCC2)c(C(N)C(=O)O)c1. The molecule has 0 aromatic heterocycles. The molecule has 1 aliphatic carbocycles. The Kier molecular flexibility index (Phi) is 3.33. The zero-order valence-corrected chi connectivity index (χ0v) is 9.85. The Morgan fingerprint density at radius 3 is 2.76 bits per heavy atom. The van der Waals surface area contributed by atoms with E-state index in [0.29, 0.717) is 11.3 Å². The van der Waals surface area contributed by atoms with E-state index >= 15 is 0 Å². The van der Waals surface area contributed by atoms with E-state index in [-0.39, 0.29) is 6.10 Å². The molecule has 2 rings (SSSR count). The van der Waals surface area contributed by atoms with Crippen molar-refractivity contribution in [3.05, 3.63) is 29.3 Å². The highest BCUT2D eigenvalue weighted by atomic mass is 16.5. The van der Waals surface area contributed by atoms with Crippen molar-refractivity contribution in [3.8, 4) is 5.75 Å². The van der Waals surface area contributed by atoms with Crippen LogP contribution in [0.3, 0.4) is 0 Å². The molecule has 1 aliphatic rings. The number of ether oxygens (including phenoxy) is 1. The van der Waals surface area contributed by atoms with Gasteiger partial charge in [0.1, 0.15) is 11.8 Å². The molecule has 1 atom stereocenters. The molecule has 1 aromatic rings. The summed E-state index contributed by atoms with van der Waals surface area (Å²) in [6, 6.07) is 4.48. The van der Waals surface area contributed by atoms with E-state index in [0.717, 1.165) is 18.4 Å². The summed E-state index contributed by atoms with van der Waals surface area (Å²) in [5, 5.41) is 8.98. The second kappa shape index (κ2) is 4.75. The third-order valence-corrected chi connectivity index (χ3v) is 3.11. The molecule has 4 nitrogen and oxygen atoms in total. The summed E-state index contributed by atoms with van der Waals surface area (Å²) in [6.07, 6.45) is 3.47. The molecule has 0 aliphatic heterocycles. The van der Waals surface area contributed by atoms with Crippen LogP contribution in [0.2, 0.25) is 0 Å². The summed E-state index contributed by atoms with van der Waals surface area (Å²) in [5.41, 5.74) is 7.21. The Balaban J connectivity index is 2.26. The summed E-state index contributed by atoms with van der Waals surface area (Å²) < 4.78 is 5.76. The highest BCUT2D eigenvalue weighted by molar-refractivity contribution is 5.76. The molecule has 0 radical (unpaired) electrons. The first-order valence-corrected chi connectivity index (χ1v) is 5.83. The second-order valence-electron chi connectivity index (χ2n) is 4.53. The fraction of sp³-hybridized carbons (Fsp3) is 0.462. The first kappa shape index (κ1) is 11.9. The summed E-state index contributed by atoms with van der Waals surface area (Å²) in [4.78, 5) is 11.0. The molecule has 3 N–H and O–H groups in total. The Labute approximate surface area is 100 Å². The number of hydrogen-bond acceptors (Lipinski definition) is 3. The van der Waals surface area contributed by atoms with Gasteiger partial charge in [0.15, 0.2) is 0 Å². The average Bonchev–Trinajstić information content (AvgIpc) is 2.23. The molecule has 4 heteroatoms. The molecule has 17 heavy (non-hydrogen) atoms. The zero-order valence-electron chi connectivity index (χ0n) is 9.85. The smallest absolute Gasteiger partial charge is 0.325 e. The molecule has 1 unspecified atom stereocenters. The van der Waals surface area contributed by atoms with Crippen molar-refractivity contribution in [2.75, 3.05) is 0 Å². The minimum atomic E-state index is -1.03. The summed E-state index contributed by atoms with van der Waals surface area (Å²) in [7, 11) is 0. The minimum absolute atomic E-state index is 0.220. The molecule has 0 amide bonds. The lowest BCUT2D eigenvalue weighted by atomic mass is 9.95. The predicted molar refractivity (Wildman–Crippen MR) is 64.0 cm³/mol. The molecular formula is C13H17NO3. The molecule has 1 saturated carbocycles. The number of benzene rings is 1. The van der Waals surface area contributed by atoms with Gasteiger partial charge in [-0.25, -0.2) is 0 Å². The second-order valence-corrected chi connectivity index (χ2v) is 4.53. The first-order valence-electron chi connectivity index (χ1n) is 5.83. The van der Waals surface area contributed by atoms with Crippen molar-refractivity contribution in [1.82, 2.24) is 0 Å². The van der Waals surface area contributed by atoms with Crippen LogP contribution in [0.5, 0.6) is 5.75 Å². The van der Waals surface area contributed by atoms with Gasteiger partial charge in [-0.15, -0.1) is 0 Å². The van der Waals surface area contributed by atoms with Gasteiger partial charge in [-0.3, -0.25) is 4.79 Å². The maximum Gasteiger partial charge on any atom is 0.325 e. The quantitative estimate of drug-likeness (QED) is 0.837. The van der Waals surface area contributed by atoms with Gasteiger partial charge in [0.2, 0.25) is 0 Å². The van der Waals surface area contributed by atoms with Crippen molar-refractivity contribution in [1.29, 1.82) is 0 Å². The van der Waals surface area contributed by atoms with Crippen molar-refractivity contribution < 1.29 is 14.6 Å². The van der Waals surface area contributed by atoms with Gasteiger partial charge in [0.25, 0.3) is 0 Å². The Morgan fingerprint density at radius 1 is 1.53 bits per heavy atom. The lowest BCUT2D eigenvalue weighted by Crippen LogP contribution is -2.27. The van der Waals surface area contributed by atoms with Crippen molar-refractivity contribution in [3.63, 3.8) is 0 Å². The van der Waals surface area contributed by atoms with Gasteiger partial charge in [0.05, 0.1) is 6.10 Å². The Bertz CT molecular complexity index is 427. The van der Waals surface area contributed by atoms with E-state index < -0.39 is 12.0 Å². The lowest BCUT2D eigenvalue weighted by Gasteiger charge is -2.28. The van der Waals surface area contributed by atoms with Crippen molar-refractivity contribution >= 4 is 5.97 Å². The number of hydrogen-bond donors (Lipinski definition) is 2. The van der Waals surface area contributed by atoms with E-state index in [4.69, 9.17) is 15.6 Å². The number of aryl methyl sites for hydroxylation is 1. The summed E-state index contributed by atoms with van der Waals surface area (Å²) in [6.45, 7) is 1.91. The van der Waals surface area contributed by atoms with Crippen LogP contribution >= 0.6 is 0 Å². The molecule has 92 valence electrons. The number of carboxylic acids is 1. The number of nitrogens with two attached hydrogens (primary N) is 1. The number of rotatable bonds is 4. The van der Waals surface area contributed by atoms with Crippen LogP contribution in [0, 0.1) is 6.92 Å². The Hall–Kier alpha value is -1.55. The molecule has 0 saturated heterocycles. The van der Waals surface area contributed by atoms with Crippen LogP contribution in [0.25, 0.3) is 0 Å². The van der Waals surface area contributed by atoms with Crippen LogP contribution < -0.4 is 10.5 Å². The first-order chi connectivity index (χ1) is 8.08. The highest BCUT2D eigenvalue weighted by Crippen LogP contribution is 2.30. The van der Waals surface area contributed by atoms with E-state index in [2.05, 4.69) is 0 Å². The molecule has 1 aromatic carbocycles. The topological polar surface area (TPSA) is 72.5 Å². The van der Waals surface area contributed by atoms with Gasteiger partial charge in [0, 0.05) is 5.56 Å². The van der Waals surface area contributed by atoms with Crippen molar-refractivity contribution in [2.45, 2.75) is 38.3 Å². The van der Waals surface area contributed by atoms with Crippen molar-refractivity contribution in [2.24, 2.45) is 5.73 Å². The Morgan fingerprint density at radius 2 is 2.24 bits per heavy atom. The van der Waals surface area contributed by atoms with Gasteiger partial charge in [-0.05, 0) is 32.3 Å². The molecule has 0 bridgehead atoms. The van der Waals surface area contributed by atoms with Crippen LogP contribution in [-0.4, -0.2) is 17.2 Å². The maximum absolute atomic E-state index is 11.0. The monoisotopic (exact) mass is 235 g/mol. The highest BCUT2D eigenvalue weighted by Gasteiger charge is 2.24. The van der Waals surface area contributed by atoms with Crippen LogP contribution in [0.15, 0.2) is 18.2 Å². The normalized spacial score (nSPS) is 17.3. The average molecular weight is 235 g/mol. The van der Waals surface area contributed by atoms with E-state index in [1.165, 1.54) is 6.42 Å². The van der Waals surface area contributed by atoms with Gasteiger partial charge in [-0.1, -0.05) is 17.7 Å². The van der Waals surface area contributed by atoms with Gasteiger partial charge < -0.3 is 15.6 Å². The number of carboxylic acid groups (broad SMARTS) is 1. The third-order valence-electron chi connectivity index (χ3n) is 3.11.